The number of ether oxygens (including phenoxy) is 2. The first-order valence-electron chi connectivity index (χ1n) is 14.0. The molecule has 0 bridgehead atoms. The number of likely N-dealkylation sites (tertiary alicyclic amines) is 2. The number of halogens is 1. The van der Waals surface area contributed by atoms with E-state index in [1.54, 1.807) is 31.5 Å². The number of hydrogen-bond donors (Lipinski definition) is 1. The Morgan fingerprint density at radius 2 is 1.62 bits per heavy atom. The number of rotatable bonds is 9. The number of amides is 1. The lowest BCUT2D eigenvalue weighted by molar-refractivity contribution is 0.0904. The summed E-state index contributed by atoms with van der Waals surface area (Å²) in [5.74, 6) is 1.16. The third-order valence-electron chi connectivity index (χ3n) is 7.76. The molecule has 2 saturated heterocycles. The van der Waals surface area contributed by atoms with Crippen molar-refractivity contribution in [1.29, 1.82) is 0 Å². The monoisotopic (exact) mass is 544 g/mol. The van der Waals surface area contributed by atoms with Crippen LogP contribution in [0.2, 0.25) is 0 Å². The second kappa shape index (κ2) is 13.0. The van der Waals surface area contributed by atoms with E-state index in [-0.39, 0.29) is 23.9 Å². The average molecular weight is 545 g/mol. The molecule has 210 valence electrons. The number of carbonyl (C=O) groups is 1. The highest BCUT2D eigenvalue weighted by Gasteiger charge is 2.24. The van der Waals surface area contributed by atoms with Gasteiger partial charge in [0.15, 0.2) is 0 Å². The van der Waals surface area contributed by atoms with Crippen molar-refractivity contribution in [2.45, 2.75) is 44.4 Å². The smallest absolute Gasteiger partial charge is 0.270 e. The maximum Gasteiger partial charge on any atom is 0.270 e. The van der Waals surface area contributed by atoms with E-state index in [4.69, 9.17) is 9.47 Å². The Morgan fingerprint density at radius 3 is 2.25 bits per heavy atom. The summed E-state index contributed by atoms with van der Waals surface area (Å²) in [5, 5.41) is 3.16. The molecule has 2 aromatic carbocycles. The minimum absolute atomic E-state index is 0.0908. The second-order valence-electron chi connectivity index (χ2n) is 10.5. The molecule has 0 spiro atoms. The summed E-state index contributed by atoms with van der Waals surface area (Å²) < 4.78 is 24.4. The summed E-state index contributed by atoms with van der Waals surface area (Å²) in [7, 11) is 1.68. The Morgan fingerprint density at radius 1 is 0.950 bits per heavy atom. The standard InChI is InChI=1S/C32H37FN4O3/c1-23(37-19-15-30(16-20-37)40-29-10-6-26(33)7-11-29)25-5-12-31(34-21-25)32(38)35-27-13-17-36(18-14-27)22-24-3-8-28(39-2)9-4-24/h3-12,21,27,30H,1,13-20,22H2,2H3,(H,35,38). The zero-order valence-electron chi connectivity index (χ0n) is 23.0. The molecule has 0 radical (unpaired) electrons. The van der Waals surface area contributed by atoms with Crippen molar-refractivity contribution in [3.8, 4) is 11.5 Å². The molecule has 2 fully saturated rings. The van der Waals surface area contributed by atoms with E-state index in [2.05, 4.69) is 38.8 Å². The van der Waals surface area contributed by atoms with Gasteiger partial charge in [-0.15, -0.1) is 0 Å². The van der Waals surface area contributed by atoms with Gasteiger partial charge >= 0.3 is 0 Å². The van der Waals surface area contributed by atoms with E-state index >= 15 is 0 Å². The molecular weight excluding hydrogens is 507 g/mol. The highest BCUT2D eigenvalue weighted by atomic mass is 19.1. The van der Waals surface area contributed by atoms with Gasteiger partial charge in [0.2, 0.25) is 0 Å². The fourth-order valence-electron chi connectivity index (χ4n) is 5.31. The molecule has 0 aliphatic carbocycles. The number of carbonyl (C=O) groups excluding carboxylic acids is 1. The van der Waals surface area contributed by atoms with Crippen LogP contribution in [0.25, 0.3) is 5.70 Å². The molecule has 7 nitrogen and oxygen atoms in total. The van der Waals surface area contributed by atoms with Crippen LogP contribution < -0.4 is 14.8 Å². The molecule has 3 heterocycles. The Kier molecular flexibility index (Phi) is 8.96. The number of piperidine rings is 2. The summed E-state index contributed by atoms with van der Waals surface area (Å²) in [6.45, 7) is 8.67. The van der Waals surface area contributed by atoms with Gasteiger partial charge in [-0.05, 0) is 66.9 Å². The molecule has 5 rings (SSSR count). The third kappa shape index (κ3) is 7.18. The van der Waals surface area contributed by atoms with Crippen molar-refractivity contribution >= 4 is 11.6 Å². The van der Waals surface area contributed by atoms with Gasteiger partial charge in [-0.2, -0.15) is 0 Å². The Bertz CT molecular complexity index is 1270. The van der Waals surface area contributed by atoms with Gasteiger partial charge in [0.1, 0.15) is 29.1 Å². The Labute approximate surface area is 235 Å². The molecule has 2 aliphatic heterocycles. The lowest BCUT2D eigenvalue weighted by Crippen LogP contribution is -2.44. The van der Waals surface area contributed by atoms with E-state index in [9.17, 15) is 9.18 Å². The van der Waals surface area contributed by atoms with E-state index in [1.165, 1.54) is 17.7 Å². The number of pyridine rings is 1. The molecule has 8 heteroatoms. The fraction of sp³-hybridized carbons (Fsp3) is 0.375. The number of hydrogen-bond acceptors (Lipinski definition) is 6. The van der Waals surface area contributed by atoms with E-state index < -0.39 is 0 Å². The summed E-state index contributed by atoms with van der Waals surface area (Å²) in [6, 6.07) is 18.2. The van der Waals surface area contributed by atoms with Crippen LogP contribution in [0.4, 0.5) is 4.39 Å². The lowest BCUT2D eigenvalue weighted by Gasteiger charge is -2.35. The highest BCUT2D eigenvalue weighted by Crippen LogP contribution is 2.25. The quantitative estimate of drug-likeness (QED) is 0.403. The average Bonchev–Trinajstić information content (AvgIpc) is 3.00. The number of benzene rings is 2. The van der Waals surface area contributed by atoms with Gasteiger partial charge in [-0.25, -0.2) is 4.39 Å². The molecule has 40 heavy (non-hydrogen) atoms. The number of aromatic nitrogens is 1. The molecular formula is C32H37FN4O3. The predicted octanol–water partition coefficient (Wildman–Crippen LogP) is 5.14. The molecule has 3 aromatic rings. The summed E-state index contributed by atoms with van der Waals surface area (Å²) in [5.41, 5.74) is 3.48. The Balaban J connectivity index is 1.05. The van der Waals surface area contributed by atoms with Crippen LogP contribution in [0, 0.1) is 5.82 Å². The van der Waals surface area contributed by atoms with Gasteiger partial charge in [-0.1, -0.05) is 18.7 Å². The number of nitrogens with zero attached hydrogens (tertiary/aromatic N) is 3. The summed E-state index contributed by atoms with van der Waals surface area (Å²) >= 11 is 0. The SMILES string of the molecule is C=C(c1ccc(C(=O)NC2CCN(Cc3ccc(OC)cc3)CC2)nc1)N1CCC(Oc2ccc(F)cc2)CC1. The molecule has 0 atom stereocenters. The second-order valence-corrected chi connectivity index (χ2v) is 10.5. The van der Waals surface area contributed by atoms with Crippen molar-refractivity contribution in [2.75, 3.05) is 33.3 Å². The van der Waals surface area contributed by atoms with Crippen LogP contribution in [-0.4, -0.2) is 66.1 Å². The van der Waals surface area contributed by atoms with Crippen molar-refractivity contribution in [3.05, 3.63) is 96.1 Å². The van der Waals surface area contributed by atoms with Crippen LogP contribution in [0.5, 0.6) is 11.5 Å². The molecule has 1 N–H and O–H groups in total. The third-order valence-corrected chi connectivity index (χ3v) is 7.76. The van der Waals surface area contributed by atoms with Crippen LogP contribution >= 0.6 is 0 Å². The zero-order chi connectivity index (χ0) is 27.9. The topological polar surface area (TPSA) is 66.9 Å². The van der Waals surface area contributed by atoms with Crippen molar-refractivity contribution in [3.63, 3.8) is 0 Å². The first-order valence-corrected chi connectivity index (χ1v) is 14.0. The number of nitrogens with one attached hydrogen (secondary N) is 1. The summed E-state index contributed by atoms with van der Waals surface area (Å²) in [4.78, 5) is 22.0. The first kappa shape index (κ1) is 27.6. The maximum atomic E-state index is 13.1. The predicted molar refractivity (Wildman–Crippen MR) is 154 cm³/mol. The van der Waals surface area contributed by atoms with Crippen LogP contribution in [-0.2, 0) is 6.54 Å². The molecule has 0 saturated carbocycles. The van der Waals surface area contributed by atoms with E-state index in [1.807, 2.05) is 18.2 Å². The minimum atomic E-state index is -0.266. The van der Waals surface area contributed by atoms with Crippen LogP contribution in [0.1, 0.15) is 47.3 Å². The maximum absolute atomic E-state index is 13.1. The van der Waals surface area contributed by atoms with Gasteiger partial charge in [0, 0.05) is 69.1 Å². The van der Waals surface area contributed by atoms with Gasteiger partial charge in [-0.3, -0.25) is 14.7 Å². The van der Waals surface area contributed by atoms with Crippen LogP contribution in [0.15, 0.2) is 73.4 Å². The normalized spacial score (nSPS) is 16.9. The molecule has 2 aliphatic rings. The van der Waals surface area contributed by atoms with E-state index in [0.29, 0.717) is 11.4 Å². The van der Waals surface area contributed by atoms with Crippen molar-refractivity contribution in [1.82, 2.24) is 20.1 Å². The van der Waals surface area contributed by atoms with E-state index in [0.717, 1.165) is 75.4 Å². The minimum Gasteiger partial charge on any atom is -0.497 e. The van der Waals surface area contributed by atoms with Gasteiger partial charge in [0.05, 0.1) is 7.11 Å². The fourth-order valence-corrected chi connectivity index (χ4v) is 5.31. The van der Waals surface area contributed by atoms with Crippen molar-refractivity contribution in [2.24, 2.45) is 0 Å². The number of methoxy groups -OCH3 is 1. The lowest BCUT2D eigenvalue weighted by atomic mass is 10.0. The van der Waals surface area contributed by atoms with Gasteiger partial charge < -0.3 is 19.7 Å². The van der Waals surface area contributed by atoms with Crippen LogP contribution in [0.3, 0.4) is 0 Å². The molecule has 0 unspecified atom stereocenters. The summed E-state index contributed by atoms with van der Waals surface area (Å²) in [6.07, 6.45) is 5.35. The molecule has 1 amide bonds. The Hall–Kier alpha value is -3.91. The van der Waals surface area contributed by atoms with Crippen molar-refractivity contribution < 1.29 is 18.7 Å². The first-order chi connectivity index (χ1) is 19.5. The molecule has 1 aromatic heterocycles. The zero-order valence-corrected chi connectivity index (χ0v) is 23.0. The largest absolute Gasteiger partial charge is 0.497 e. The van der Waals surface area contributed by atoms with Gasteiger partial charge in [0.25, 0.3) is 5.91 Å². The highest BCUT2D eigenvalue weighted by molar-refractivity contribution is 5.92.